The number of halogens is 1. The third kappa shape index (κ3) is 6.92. The molecule has 0 aliphatic carbocycles. The molecule has 1 atom stereocenters. The molecule has 2 aromatic carbocycles. The first-order valence-corrected chi connectivity index (χ1v) is 12.7. The van der Waals surface area contributed by atoms with E-state index >= 15 is 0 Å². The molecule has 0 radical (unpaired) electrons. The predicted octanol–water partition coefficient (Wildman–Crippen LogP) is 4.05. The highest BCUT2D eigenvalue weighted by molar-refractivity contribution is 7.92. The fourth-order valence-corrected chi connectivity index (χ4v) is 5.07. The van der Waals surface area contributed by atoms with Crippen LogP contribution in [0.5, 0.6) is 5.75 Å². The number of benzene rings is 2. The molecule has 1 fully saturated rings. The number of aliphatic hydroxyl groups is 1. The van der Waals surface area contributed by atoms with Crippen LogP contribution < -0.4 is 9.04 Å². The molecule has 0 saturated carbocycles. The highest BCUT2D eigenvalue weighted by Gasteiger charge is 2.21. The Kier molecular flexibility index (Phi) is 8.90. The van der Waals surface area contributed by atoms with Crippen LogP contribution in [0.1, 0.15) is 38.5 Å². The van der Waals surface area contributed by atoms with E-state index < -0.39 is 15.8 Å². The lowest BCUT2D eigenvalue weighted by molar-refractivity contribution is 0.0697. The lowest BCUT2D eigenvalue weighted by atomic mass is 10.1. The van der Waals surface area contributed by atoms with E-state index in [1.165, 1.54) is 23.5 Å². The Balaban J connectivity index is 1.37. The maximum atomic E-state index is 13.1. The number of sulfonamides is 1. The quantitative estimate of drug-likeness (QED) is 0.508. The van der Waals surface area contributed by atoms with Gasteiger partial charge in [-0.2, -0.15) is 0 Å². The van der Waals surface area contributed by atoms with Gasteiger partial charge in [0.25, 0.3) is 10.0 Å². The van der Waals surface area contributed by atoms with E-state index in [4.69, 9.17) is 4.74 Å². The first-order valence-electron chi connectivity index (χ1n) is 11.2. The zero-order valence-electron chi connectivity index (χ0n) is 18.6. The summed E-state index contributed by atoms with van der Waals surface area (Å²) < 4.78 is 45.4. The smallest absolute Gasteiger partial charge is 0.264 e. The lowest BCUT2D eigenvalue weighted by Crippen LogP contribution is -2.38. The van der Waals surface area contributed by atoms with Crippen LogP contribution >= 0.6 is 0 Å². The van der Waals surface area contributed by atoms with Crippen molar-refractivity contribution < 1.29 is 22.7 Å². The van der Waals surface area contributed by atoms with Crippen molar-refractivity contribution in [3.05, 3.63) is 54.3 Å². The van der Waals surface area contributed by atoms with Crippen molar-refractivity contribution in [3.63, 3.8) is 0 Å². The summed E-state index contributed by atoms with van der Waals surface area (Å²) in [6, 6.07) is 11.7. The summed E-state index contributed by atoms with van der Waals surface area (Å²) in [6.45, 7) is 3.56. The van der Waals surface area contributed by atoms with Crippen LogP contribution in [0, 0.1) is 5.82 Å². The van der Waals surface area contributed by atoms with Crippen LogP contribution in [0.15, 0.2) is 53.4 Å². The van der Waals surface area contributed by atoms with Gasteiger partial charge in [-0.3, -0.25) is 4.31 Å². The molecule has 1 heterocycles. The molecule has 1 saturated heterocycles. The summed E-state index contributed by atoms with van der Waals surface area (Å²) in [7, 11) is -2.28. The van der Waals surface area contributed by atoms with Crippen molar-refractivity contribution >= 4 is 15.7 Å². The molecule has 0 amide bonds. The summed E-state index contributed by atoms with van der Waals surface area (Å²) in [4.78, 5) is 2.39. The van der Waals surface area contributed by atoms with Gasteiger partial charge in [-0.25, -0.2) is 12.8 Å². The minimum atomic E-state index is -3.75. The normalized spacial score (nSPS) is 17.3. The largest absolute Gasteiger partial charge is 0.494 e. The van der Waals surface area contributed by atoms with Crippen LogP contribution in [-0.4, -0.2) is 57.8 Å². The Morgan fingerprint density at radius 1 is 1.06 bits per heavy atom. The Morgan fingerprint density at radius 2 is 1.75 bits per heavy atom. The second-order valence-corrected chi connectivity index (χ2v) is 10.2. The van der Waals surface area contributed by atoms with Crippen LogP contribution in [0.3, 0.4) is 0 Å². The van der Waals surface area contributed by atoms with Gasteiger partial charge in [0.05, 0.1) is 23.3 Å². The Bertz CT molecular complexity index is 935. The zero-order valence-corrected chi connectivity index (χ0v) is 19.4. The van der Waals surface area contributed by atoms with E-state index in [0.717, 1.165) is 70.3 Å². The van der Waals surface area contributed by atoms with Gasteiger partial charge in [-0.05, 0) is 87.3 Å². The van der Waals surface area contributed by atoms with E-state index in [2.05, 4.69) is 4.90 Å². The van der Waals surface area contributed by atoms with Gasteiger partial charge in [0, 0.05) is 13.6 Å². The van der Waals surface area contributed by atoms with Crippen LogP contribution in [0.2, 0.25) is 0 Å². The number of rotatable bonds is 11. The topological polar surface area (TPSA) is 70.1 Å². The molecule has 176 valence electrons. The molecule has 1 unspecified atom stereocenters. The van der Waals surface area contributed by atoms with Crippen LogP contribution in [0.25, 0.3) is 0 Å². The van der Waals surface area contributed by atoms with Crippen molar-refractivity contribution in [1.29, 1.82) is 0 Å². The van der Waals surface area contributed by atoms with E-state index in [1.807, 2.05) is 0 Å². The Morgan fingerprint density at radius 3 is 2.44 bits per heavy atom. The molecule has 1 aliphatic rings. The number of hydrogen-bond donors (Lipinski definition) is 1. The summed E-state index contributed by atoms with van der Waals surface area (Å²) in [5.74, 6) is 0.221. The van der Waals surface area contributed by atoms with Crippen molar-refractivity contribution in [1.82, 2.24) is 4.90 Å². The molecule has 0 aromatic heterocycles. The number of β-amino-alcohol motifs (C(OH)–C–C–N with tert-alkyl or cyclic N) is 1. The summed E-state index contributed by atoms with van der Waals surface area (Å²) >= 11 is 0. The second-order valence-electron chi connectivity index (χ2n) is 8.28. The van der Waals surface area contributed by atoms with Crippen LogP contribution in [-0.2, 0) is 10.0 Å². The maximum Gasteiger partial charge on any atom is 0.264 e. The number of likely N-dealkylation sites (tertiary alicyclic amines) is 1. The number of unbranched alkanes of at least 4 members (excludes halogenated alkanes) is 3. The minimum Gasteiger partial charge on any atom is -0.494 e. The van der Waals surface area contributed by atoms with E-state index in [1.54, 1.807) is 24.3 Å². The fourth-order valence-electron chi connectivity index (χ4n) is 3.87. The van der Waals surface area contributed by atoms with E-state index in [0.29, 0.717) is 18.0 Å². The highest BCUT2D eigenvalue weighted by Crippen LogP contribution is 2.24. The van der Waals surface area contributed by atoms with E-state index in [-0.39, 0.29) is 11.0 Å². The number of hydrogen-bond acceptors (Lipinski definition) is 5. The Hall–Kier alpha value is -2.16. The monoisotopic (exact) mass is 464 g/mol. The van der Waals surface area contributed by atoms with Crippen molar-refractivity contribution in [2.45, 2.75) is 49.5 Å². The van der Waals surface area contributed by atoms with Gasteiger partial charge >= 0.3 is 0 Å². The first-order chi connectivity index (χ1) is 15.4. The summed E-state index contributed by atoms with van der Waals surface area (Å²) in [5.41, 5.74) is 0.504. The number of ether oxygens (including phenoxy) is 1. The third-order valence-electron chi connectivity index (χ3n) is 5.79. The minimum absolute atomic E-state index is 0.0400. The number of anilines is 1. The van der Waals surface area contributed by atoms with Gasteiger partial charge < -0.3 is 14.7 Å². The molecule has 0 spiro atoms. The number of piperidine rings is 1. The van der Waals surface area contributed by atoms with Gasteiger partial charge in [-0.15, -0.1) is 0 Å². The van der Waals surface area contributed by atoms with Gasteiger partial charge in [0.2, 0.25) is 0 Å². The molecule has 1 N–H and O–H groups in total. The van der Waals surface area contributed by atoms with Gasteiger partial charge in [0.15, 0.2) is 0 Å². The summed E-state index contributed by atoms with van der Waals surface area (Å²) in [5, 5.41) is 9.71. The molecule has 0 bridgehead atoms. The van der Waals surface area contributed by atoms with E-state index in [9.17, 15) is 17.9 Å². The van der Waals surface area contributed by atoms with Crippen molar-refractivity contribution in [2.75, 3.05) is 37.6 Å². The Labute approximate surface area is 190 Å². The fraction of sp³-hybridized carbons (Fsp3) is 0.500. The molecule has 8 heteroatoms. The maximum absolute atomic E-state index is 13.1. The van der Waals surface area contributed by atoms with Crippen molar-refractivity contribution in [2.24, 2.45) is 0 Å². The standard InChI is InChI=1S/C24H33FN2O4S/c1-26(32(29,30)24-14-8-20(25)9-15-24)21-10-12-23(13-11-21)31-18-5-3-2-4-16-27-17-6-7-22(28)19-27/h8-15,22,28H,2-7,16-19H2,1H3. The molecular weight excluding hydrogens is 431 g/mol. The molecule has 1 aliphatic heterocycles. The third-order valence-corrected chi connectivity index (χ3v) is 7.59. The molecule has 3 rings (SSSR count). The molecule has 6 nitrogen and oxygen atoms in total. The summed E-state index contributed by atoms with van der Waals surface area (Å²) in [6.07, 6.45) is 6.18. The lowest BCUT2D eigenvalue weighted by Gasteiger charge is -2.29. The van der Waals surface area contributed by atoms with Crippen molar-refractivity contribution in [3.8, 4) is 5.75 Å². The molecule has 32 heavy (non-hydrogen) atoms. The number of aliphatic hydroxyl groups excluding tert-OH is 1. The van der Waals surface area contributed by atoms with Gasteiger partial charge in [0.1, 0.15) is 11.6 Å². The number of nitrogens with zero attached hydrogens (tertiary/aromatic N) is 2. The molecular formula is C24H33FN2O4S. The SMILES string of the molecule is CN(c1ccc(OCCCCCCN2CCCC(O)C2)cc1)S(=O)(=O)c1ccc(F)cc1. The van der Waals surface area contributed by atoms with Gasteiger partial charge in [-0.1, -0.05) is 12.8 Å². The molecule has 2 aromatic rings. The zero-order chi connectivity index (χ0) is 23.0. The average molecular weight is 465 g/mol. The predicted molar refractivity (Wildman–Crippen MR) is 124 cm³/mol. The highest BCUT2D eigenvalue weighted by atomic mass is 32.2. The average Bonchev–Trinajstić information content (AvgIpc) is 2.79. The second kappa shape index (κ2) is 11.6. The first kappa shape index (κ1) is 24.5. The van der Waals surface area contributed by atoms with Crippen LogP contribution in [0.4, 0.5) is 10.1 Å².